The summed E-state index contributed by atoms with van der Waals surface area (Å²) < 4.78 is 12.9. The van der Waals surface area contributed by atoms with Gasteiger partial charge in [0.05, 0.1) is 5.69 Å². The number of furan rings is 2. The summed E-state index contributed by atoms with van der Waals surface area (Å²) in [6, 6.07) is 75.2. The van der Waals surface area contributed by atoms with Crippen LogP contribution in [0.4, 0.5) is 17.1 Å². The van der Waals surface area contributed by atoms with Crippen LogP contribution in [-0.2, 0) is 0 Å². The number of hydrogen-bond donors (Lipinski definition) is 0. The number of benzene rings is 9. The Labute approximate surface area is 330 Å². The van der Waals surface area contributed by atoms with E-state index < -0.39 is 0 Å². The molecule has 0 unspecified atom stereocenters. The Morgan fingerprint density at radius 2 is 0.860 bits per heavy atom. The van der Waals surface area contributed by atoms with Crippen molar-refractivity contribution in [3.63, 3.8) is 0 Å². The topological polar surface area (TPSA) is 29.5 Å². The average molecular weight is 730 g/mol. The highest BCUT2D eigenvalue weighted by atomic mass is 16.3. The summed E-state index contributed by atoms with van der Waals surface area (Å²) >= 11 is 0. The molecule has 57 heavy (non-hydrogen) atoms. The van der Waals surface area contributed by atoms with E-state index in [0.29, 0.717) is 0 Å². The largest absolute Gasteiger partial charge is 0.456 e. The normalized spacial score (nSPS) is 11.5. The minimum atomic E-state index is 0.852. The van der Waals surface area contributed by atoms with Gasteiger partial charge in [-0.1, -0.05) is 152 Å². The van der Waals surface area contributed by atoms with Gasteiger partial charge in [-0.2, -0.15) is 0 Å². The molecule has 11 rings (SSSR count). The van der Waals surface area contributed by atoms with E-state index in [1.807, 2.05) is 18.2 Å². The van der Waals surface area contributed by atoms with Gasteiger partial charge in [-0.3, -0.25) is 0 Å². The first kappa shape index (κ1) is 32.8. The summed E-state index contributed by atoms with van der Waals surface area (Å²) in [7, 11) is 0. The van der Waals surface area contributed by atoms with Crippen molar-refractivity contribution in [1.29, 1.82) is 0 Å². The van der Waals surface area contributed by atoms with Gasteiger partial charge in [-0.05, 0) is 99.6 Å². The van der Waals surface area contributed by atoms with Crippen LogP contribution in [0.2, 0.25) is 0 Å². The fraction of sp³-hybridized carbons (Fsp3) is 0. The minimum absolute atomic E-state index is 0.852. The summed E-state index contributed by atoms with van der Waals surface area (Å²) in [6.45, 7) is 0. The molecule has 0 fully saturated rings. The molecule has 0 aliphatic carbocycles. The zero-order valence-corrected chi connectivity index (χ0v) is 31.0. The summed E-state index contributed by atoms with van der Waals surface area (Å²) in [5.41, 5.74) is 15.7. The lowest BCUT2D eigenvalue weighted by Gasteiger charge is -2.29. The predicted molar refractivity (Wildman–Crippen MR) is 237 cm³/mol. The quantitative estimate of drug-likeness (QED) is 0.164. The molecular weight excluding hydrogens is 695 g/mol. The minimum Gasteiger partial charge on any atom is -0.456 e. The number of nitrogens with zero attached hydrogens (tertiary/aromatic N) is 1. The zero-order chi connectivity index (χ0) is 37.7. The van der Waals surface area contributed by atoms with Crippen LogP contribution in [0.25, 0.3) is 88.4 Å². The van der Waals surface area contributed by atoms with Crippen molar-refractivity contribution in [1.82, 2.24) is 0 Å². The third kappa shape index (κ3) is 5.68. The number of fused-ring (bicyclic) bond motifs is 6. The fourth-order valence-corrected chi connectivity index (χ4v) is 8.43. The van der Waals surface area contributed by atoms with Crippen molar-refractivity contribution in [2.45, 2.75) is 0 Å². The second-order valence-corrected chi connectivity index (χ2v) is 14.5. The molecule has 0 aliphatic rings. The van der Waals surface area contributed by atoms with Gasteiger partial charge in [0.1, 0.15) is 22.3 Å². The highest BCUT2D eigenvalue weighted by molar-refractivity contribution is 6.18. The molecule has 2 heterocycles. The lowest BCUT2D eigenvalue weighted by molar-refractivity contribution is 0.668. The Balaban J connectivity index is 1.17. The Morgan fingerprint density at radius 3 is 1.65 bits per heavy atom. The van der Waals surface area contributed by atoms with Crippen LogP contribution < -0.4 is 4.90 Å². The maximum atomic E-state index is 6.58. The van der Waals surface area contributed by atoms with E-state index in [1.165, 1.54) is 5.56 Å². The molecule has 0 atom stereocenters. The van der Waals surface area contributed by atoms with Gasteiger partial charge in [0.15, 0.2) is 0 Å². The number of para-hydroxylation sites is 2. The predicted octanol–water partition coefficient (Wildman–Crippen LogP) is 15.6. The van der Waals surface area contributed by atoms with E-state index in [-0.39, 0.29) is 0 Å². The highest BCUT2D eigenvalue weighted by Gasteiger charge is 2.25. The second-order valence-electron chi connectivity index (χ2n) is 14.5. The average Bonchev–Trinajstić information content (AvgIpc) is 3.86. The van der Waals surface area contributed by atoms with E-state index in [9.17, 15) is 0 Å². The maximum absolute atomic E-state index is 6.58. The molecular formula is C54H35NO2. The van der Waals surface area contributed by atoms with Crippen LogP contribution in [0.15, 0.2) is 221 Å². The van der Waals surface area contributed by atoms with Gasteiger partial charge < -0.3 is 13.7 Å². The molecule has 268 valence electrons. The Kier molecular flexibility index (Phi) is 7.82. The van der Waals surface area contributed by atoms with Crippen molar-refractivity contribution in [3.8, 4) is 44.5 Å². The SMILES string of the molecule is c1ccc(-c2ccc(N(c3cccc(-c4ccc5c(c4)oc4ccccc45)c3)c3ccc4oc5ccccc5c4c3-c3ccccc3-c3ccccc3)cc2)cc1. The molecule has 0 radical (unpaired) electrons. The Hall–Kier alpha value is -7.62. The van der Waals surface area contributed by atoms with Gasteiger partial charge >= 0.3 is 0 Å². The monoisotopic (exact) mass is 729 g/mol. The molecule has 0 spiro atoms. The fourth-order valence-electron chi connectivity index (χ4n) is 8.43. The van der Waals surface area contributed by atoms with Crippen LogP contribution in [0, 0.1) is 0 Å². The molecule has 0 aliphatic heterocycles. The lowest BCUT2D eigenvalue weighted by Crippen LogP contribution is -2.11. The van der Waals surface area contributed by atoms with E-state index in [2.05, 4.69) is 199 Å². The maximum Gasteiger partial charge on any atom is 0.136 e. The van der Waals surface area contributed by atoms with Gasteiger partial charge in [0.25, 0.3) is 0 Å². The third-order valence-electron chi connectivity index (χ3n) is 11.1. The first-order valence-corrected chi connectivity index (χ1v) is 19.3. The molecule has 11 aromatic rings. The summed E-state index contributed by atoms with van der Waals surface area (Å²) in [5.74, 6) is 0. The van der Waals surface area contributed by atoms with Crippen LogP contribution in [0.5, 0.6) is 0 Å². The van der Waals surface area contributed by atoms with Crippen LogP contribution in [0.1, 0.15) is 0 Å². The molecule has 9 aromatic carbocycles. The van der Waals surface area contributed by atoms with E-state index in [0.717, 1.165) is 99.9 Å². The van der Waals surface area contributed by atoms with Crippen LogP contribution >= 0.6 is 0 Å². The lowest BCUT2D eigenvalue weighted by atomic mass is 9.90. The van der Waals surface area contributed by atoms with Crippen molar-refractivity contribution in [3.05, 3.63) is 212 Å². The Bertz CT molecular complexity index is 3230. The first-order valence-electron chi connectivity index (χ1n) is 19.3. The zero-order valence-electron chi connectivity index (χ0n) is 31.0. The summed E-state index contributed by atoms with van der Waals surface area (Å²) in [4.78, 5) is 2.40. The van der Waals surface area contributed by atoms with E-state index >= 15 is 0 Å². The first-order chi connectivity index (χ1) is 28.3. The molecule has 0 bridgehead atoms. The molecule has 3 heteroatoms. The third-order valence-corrected chi connectivity index (χ3v) is 11.1. The van der Waals surface area contributed by atoms with Gasteiger partial charge in [0.2, 0.25) is 0 Å². The number of rotatable bonds is 7. The highest BCUT2D eigenvalue weighted by Crippen LogP contribution is 2.49. The second kappa shape index (κ2) is 13.6. The van der Waals surface area contributed by atoms with E-state index in [1.54, 1.807) is 0 Å². The molecule has 0 amide bonds. The van der Waals surface area contributed by atoms with Crippen LogP contribution in [0.3, 0.4) is 0 Å². The Morgan fingerprint density at radius 1 is 0.298 bits per heavy atom. The number of anilines is 3. The standard InChI is InChI=1S/C54H35NO2/c1-3-14-36(15-4-1)37-26-29-41(30-27-37)55(42-19-13-18-39(34-42)40-28-31-45-44-21-9-11-24-49(44)57-52(45)35-40)48-32-33-51-54(47-23-10-12-25-50(47)56-51)53(48)46-22-8-7-20-43(46)38-16-5-2-6-17-38/h1-35H. The van der Waals surface area contributed by atoms with E-state index in [4.69, 9.17) is 8.83 Å². The van der Waals surface area contributed by atoms with Crippen molar-refractivity contribution in [2.75, 3.05) is 4.90 Å². The van der Waals surface area contributed by atoms with Gasteiger partial charge in [-0.25, -0.2) is 0 Å². The molecule has 0 N–H and O–H groups in total. The molecule has 0 saturated carbocycles. The smallest absolute Gasteiger partial charge is 0.136 e. The van der Waals surface area contributed by atoms with Crippen molar-refractivity contribution < 1.29 is 8.83 Å². The van der Waals surface area contributed by atoms with Crippen LogP contribution in [-0.4, -0.2) is 0 Å². The molecule has 0 saturated heterocycles. The van der Waals surface area contributed by atoms with Crippen molar-refractivity contribution in [2.24, 2.45) is 0 Å². The van der Waals surface area contributed by atoms with Crippen molar-refractivity contribution >= 4 is 60.9 Å². The summed E-state index contributed by atoms with van der Waals surface area (Å²) in [6.07, 6.45) is 0. The number of hydrogen-bond acceptors (Lipinski definition) is 3. The van der Waals surface area contributed by atoms with Gasteiger partial charge in [-0.15, -0.1) is 0 Å². The molecule has 3 nitrogen and oxygen atoms in total. The van der Waals surface area contributed by atoms with Gasteiger partial charge in [0, 0.05) is 38.5 Å². The molecule has 2 aromatic heterocycles. The summed E-state index contributed by atoms with van der Waals surface area (Å²) in [5, 5.41) is 4.42.